The predicted octanol–water partition coefficient (Wildman–Crippen LogP) is 4.60. The maximum absolute atomic E-state index is 8.60. The van der Waals surface area contributed by atoms with E-state index in [-0.39, 0.29) is 5.41 Å². The Balaban J connectivity index is 2.79. The van der Waals surface area contributed by atoms with E-state index in [1.54, 1.807) is 7.11 Å². The van der Waals surface area contributed by atoms with E-state index in [4.69, 9.17) is 15.9 Å². The fourth-order valence-corrected chi connectivity index (χ4v) is 3.19. The molecule has 0 saturated heterocycles. The van der Waals surface area contributed by atoms with Gasteiger partial charge in [0.15, 0.2) is 0 Å². The molecule has 1 aliphatic rings. The molecule has 0 radical (unpaired) electrons. The molecule has 3 N–H and O–H groups in total. The fraction of sp³-hybridized carbons (Fsp3) is 0.632. The van der Waals surface area contributed by atoms with Crippen LogP contribution in [0.3, 0.4) is 0 Å². The minimum absolute atomic E-state index is 0.270. The average molecular weight is 304 g/mol. The van der Waals surface area contributed by atoms with Gasteiger partial charge in [0.2, 0.25) is 0 Å². The minimum Gasteiger partial charge on any atom is -0.398 e. The highest BCUT2D eigenvalue weighted by Gasteiger charge is 2.33. The van der Waals surface area contributed by atoms with Crippen LogP contribution in [-0.2, 0) is 4.74 Å². The van der Waals surface area contributed by atoms with Crippen LogP contribution >= 0.6 is 0 Å². The summed E-state index contributed by atoms with van der Waals surface area (Å²) in [6.45, 7) is 7.16. The van der Waals surface area contributed by atoms with Gasteiger partial charge in [-0.2, -0.15) is 0 Å². The highest BCUT2D eigenvalue weighted by atomic mass is 16.5. The van der Waals surface area contributed by atoms with Crippen molar-refractivity contribution in [3.05, 3.63) is 35.6 Å². The van der Waals surface area contributed by atoms with Gasteiger partial charge in [-0.25, -0.2) is 0 Å². The normalized spacial score (nSPS) is 27.4. The summed E-state index contributed by atoms with van der Waals surface area (Å²) in [6, 6.07) is 0. The van der Waals surface area contributed by atoms with Crippen molar-refractivity contribution >= 4 is 5.71 Å². The van der Waals surface area contributed by atoms with Crippen LogP contribution in [0.4, 0.5) is 0 Å². The molecule has 0 bridgehead atoms. The molecule has 0 aromatic heterocycles. The summed E-state index contributed by atoms with van der Waals surface area (Å²) in [7, 11) is 1.77. The molecule has 0 aromatic carbocycles. The Bertz CT molecular complexity index is 452. The first kappa shape index (κ1) is 18.7. The van der Waals surface area contributed by atoms with Crippen LogP contribution < -0.4 is 5.73 Å². The van der Waals surface area contributed by atoms with E-state index in [1.165, 1.54) is 0 Å². The molecule has 0 unspecified atom stereocenters. The molecule has 1 saturated carbocycles. The van der Waals surface area contributed by atoms with Crippen molar-refractivity contribution < 1.29 is 4.74 Å². The first-order valence-corrected chi connectivity index (χ1v) is 8.34. The zero-order chi connectivity index (χ0) is 16.6. The van der Waals surface area contributed by atoms with Crippen LogP contribution in [0.5, 0.6) is 0 Å². The third-order valence-corrected chi connectivity index (χ3v) is 4.57. The van der Waals surface area contributed by atoms with E-state index < -0.39 is 0 Å². The van der Waals surface area contributed by atoms with Crippen molar-refractivity contribution in [2.45, 2.75) is 52.9 Å². The zero-order valence-electron chi connectivity index (χ0n) is 14.6. The molecule has 0 heterocycles. The number of methoxy groups -OCH3 is 1. The van der Waals surface area contributed by atoms with E-state index in [1.807, 2.05) is 25.2 Å². The van der Waals surface area contributed by atoms with Crippen molar-refractivity contribution in [2.24, 2.45) is 17.1 Å². The molecule has 0 amide bonds. The Kier molecular flexibility index (Phi) is 7.60. The summed E-state index contributed by atoms with van der Waals surface area (Å²) in [5.41, 5.74) is 8.78. The Hall–Kier alpha value is -1.35. The zero-order valence-corrected chi connectivity index (χ0v) is 14.6. The molecule has 1 rings (SSSR count). The largest absolute Gasteiger partial charge is 0.398 e. The van der Waals surface area contributed by atoms with Gasteiger partial charge in [-0.15, -0.1) is 0 Å². The molecule has 0 spiro atoms. The molecule has 0 atom stereocenters. The number of rotatable bonds is 7. The monoisotopic (exact) mass is 304 g/mol. The molecule has 0 aliphatic heterocycles. The summed E-state index contributed by atoms with van der Waals surface area (Å²) < 4.78 is 5.35. The van der Waals surface area contributed by atoms with Crippen LogP contribution in [0.15, 0.2) is 35.6 Å². The van der Waals surface area contributed by atoms with Crippen molar-refractivity contribution in [1.82, 2.24) is 0 Å². The first-order chi connectivity index (χ1) is 10.5. The number of nitrogens with one attached hydrogen (secondary N) is 1. The van der Waals surface area contributed by atoms with Gasteiger partial charge >= 0.3 is 0 Å². The maximum Gasteiger partial charge on any atom is 0.0516 e. The van der Waals surface area contributed by atoms with Crippen molar-refractivity contribution in [3.8, 4) is 0 Å². The topological polar surface area (TPSA) is 59.1 Å². The lowest BCUT2D eigenvalue weighted by molar-refractivity contribution is 0.0570. The second-order valence-corrected chi connectivity index (χ2v) is 6.61. The van der Waals surface area contributed by atoms with Crippen molar-refractivity contribution in [2.75, 3.05) is 13.7 Å². The van der Waals surface area contributed by atoms with Crippen LogP contribution in [0, 0.1) is 16.7 Å². The third-order valence-electron chi connectivity index (χ3n) is 4.57. The molecular weight excluding hydrogens is 272 g/mol. The number of hydrogen-bond donors (Lipinski definition) is 2. The molecule has 3 nitrogen and oxygen atoms in total. The highest BCUT2D eigenvalue weighted by molar-refractivity contribution is 6.03. The second-order valence-electron chi connectivity index (χ2n) is 6.61. The molecule has 1 fully saturated rings. The molecule has 3 heteroatoms. The summed E-state index contributed by atoms with van der Waals surface area (Å²) in [5, 5.41) is 8.60. The average Bonchev–Trinajstić information content (AvgIpc) is 2.50. The number of hydrogen-bond acceptors (Lipinski definition) is 3. The van der Waals surface area contributed by atoms with E-state index in [9.17, 15) is 0 Å². The van der Waals surface area contributed by atoms with Gasteiger partial charge in [-0.05, 0) is 50.5 Å². The van der Waals surface area contributed by atoms with E-state index in [0.29, 0.717) is 17.3 Å². The summed E-state index contributed by atoms with van der Waals surface area (Å²) in [5.74, 6) is 0.320. The van der Waals surface area contributed by atoms with Crippen LogP contribution in [0.25, 0.3) is 0 Å². The van der Waals surface area contributed by atoms with Crippen molar-refractivity contribution in [3.63, 3.8) is 0 Å². The Morgan fingerprint density at radius 1 is 1.36 bits per heavy atom. The van der Waals surface area contributed by atoms with E-state index in [0.717, 1.165) is 44.3 Å². The number of ether oxygens (including phenoxy) is 1. The summed E-state index contributed by atoms with van der Waals surface area (Å²) >= 11 is 0. The lowest BCUT2D eigenvalue weighted by atomic mass is 9.70. The molecular formula is C19H32N2O. The lowest BCUT2D eigenvalue weighted by Gasteiger charge is -2.37. The smallest absolute Gasteiger partial charge is 0.0516 e. The predicted molar refractivity (Wildman–Crippen MR) is 95.1 cm³/mol. The van der Waals surface area contributed by atoms with E-state index in [2.05, 4.69) is 19.9 Å². The Morgan fingerprint density at radius 3 is 2.50 bits per heavy atom. The second kappa shape index (κ2) is 8.94. The first-order valence-electron chi connectivity index (χ1n) is 8.34. The Labute approximate surface area is 135 Å². The number of allylic oxidation sites excluding steroid dienone is 5. The van der Waals surface area contributed by atoms with Gasteiger partial charge in [0.05, 0.1) is 6.61 Å². The summed E-state index contributed by atoms with van der Waals surface area (Å²) in [6.07, 6.45) is 13.1. The van der Waals surface area contributed by atoms with E-state index >= 15 is 0 Å². The van der Waals surface area contributed by atoms with Gasteiger partial charge in [0, 0.05) is 30.0 Å². The van der Waals surface area contributed by atoms with Crippen molar-refractivity contribution in [1.29, 1.82) is 5.41 Å². The fourth-order valence-electron chi connectivity index (χ4n) is 3.19. The molecule has 22 heavy (non-hydrogen) atoms. The van der Waals surface area contributed by atoms with Crippen LogP contribution in [0.1, 0.15) is 52.9 Å². The summed E-state index contributed by atoms with van der Waals surface area (Å²) in [4.78, 5) is 0. The minimum atomic E-state index is 0.270. The van der Waals surface area contributed by atoms with Crippen LogP contribution in [0.2, 0.25) is 0 Å². The molecule has 124 valence electrons. The van der Waals surface area contributed by atoms with Gasteiger partial charge in [-0.3, -0.25) is 0 Å². The van der Waals surface area contributed by atoms with Gasteiger partial charge in [0.1, 0.15) is 0 Å². The van der Waals surface area contributed by atoms with Gasteiger partial charge in [-0.1, -0.05) is 32.1 Å². The third kappa shape index (κ3) is 5.13. The Morgan fingerprint density at radius 2 is 2.00 bits per heavy atom. The van der Waals surface area contributed by atoms with Crippen LogP contribution in [-0.4, -0.2) is 19.4 Å². The quantitative estimate of drug-likeness (QED) is 0.533. The SMILES string of the molecule is C\C=C/C=C(N)\C(=C\CC)C(=N)C1CCC(C)(COC)CC1. The highest BCUT2D eigenvalue weighted by Crippen LogP contribution is 2.40. The number of nitrogens with two attached hydrogens (primary N) is 1. The lowest BCUT2D eigenvalue weighted by Crippen LogP contribution is -2.32. The molecule has 1 aliphatic carbocycles. The standard InChI is InChI=1S/C19H32N2O/c1-5-7-9-17(20)16(8-6-2)18(21)15-10-12-19(3,13-11-15)14-22-4/h5,7-9,15,21H,6,10-14,20H2,1-4H3/b7-5-,16-8-,17-9+,21-18?. The van der Waals surface area contributed by atoms with Gasteiger partial charge in [0.25, 0.3) is 0 Å². The van der Waals surface area contributed by atoms with Gasteiger partial charge < -0.3 is 15.9 Å². The molecule has 0 aromatic rings. The maximum atomic E-state index is 8.60.